The Morgan fingerprint density at radius 1 is 1.35 bits per heavy atom. The van der Waals surface area contributed by atoms with Crippen molar-refractivity contribution in [3.63, 3.8) is 0 Å². The number of nitrogens with zero attached hydrogens (tertiary/aromatic N) is 3. The molecule has 0 saturated heterocycles. The summed E-state index contributed by atoms with van der Waals surface area (Å²) in [6.07, 6.45) is 0. The molecule has 0 saturated carbocycles. The summed E-state index contributed by atoms with van der Waals surface area (Å²) >= 11 is 0. The summed E-state index contributed by atoms with van der Waals surface area (Å²) < 4.78 is 25.2. The zero-order valence-electron chi connectivity index (χ0n) is 14.0. The minimum Gasteiger partial charge on any atom is -0.459 e. The fourth-order valence-electron chi connectivity index (χ4n) is 2.72. The predicted octanol–water partition coefficient (Wildman–Crippen LogP) is 3.86. The van der Waals surface area contributed by atoms with Crippen LogP contribution >= 0.6 is 0 Å². The topological polar surface area (TPSA) is 99.9 Å². The fraction of sp³-hybridized carbons (Fsp3) is 0.158. The van der Waals surface area contributed by atoms with Crippen molar-refractivity contribution in [2.24, 2.45) is 0 Å². The molecule has 6 nitrogen and oxygen atoms in total. The molecule has 0 aliphatic rings. The second kappa shape index (κ2) is 6.66. The lowest BCUT2D eigenvalue weighted by Crippen LogP contribution is -2.04. The summed E-state index contributed by atoms with van der Waals surface area (Å²) in [6.45, 7) is 3.30. The summed E-state index contributed by atoms with van der Waals surface area (Å²) in [5.74, 6) is -2.01. The number of nitriles is 2. The molecule has 0 N–H and O–H groups in total. The van der Waals surface area contributed by atoms with Crippen LogP contribution in [0.2, 0.25) is 0 Å². The molecular weight excluding hydrogens is 337 g/mol. The minimum atomic E-state index is -0.835. The maximum Gasteiger partial charge on any atom is 0.394 e. The van der Waals surface area contributed by atoms with Crippen molar-refractivity contribution in [2.45, 2.75) is 13.8 Å². The predicted molar refractivity (Wildman–Crippen MR) is 89.5 cm³/mol. The van der Waals surface area contributed by atoms with E-state index in [0.29, 0.717) is 16.7 Å². The second-order valence-corrected chi connectivity index (χ2v) is 5.41. The lowest BCUT2D eigenvalue weighted by Gasteiger charge is -2.10. The van der Waals surface area contributed by atoms with E-state index in [1.54, 1.807) is 32.0 Å². The molecule has 0 amide bonds. The molecule has 3 aromatic rings. The number of hydrogen-bond donors (Lipinski definition) is 0. The van der Waals surface area contributed by atoms with Crippen molar-refractivity contribution in [3.05, 3.63) is 52.7 Å². The zero-order valence-corrected chi connectivity index (χ0v) is 14.0. The van der Waals surface area contributed by atoms with Crippen LogP contribution in [0.1, 0.15) is 34.3 Å². The van der Waals surface area contributed by atoms with Crippen molar-refractivity contribution >= 4 is 17.1 Å². The van der Waals surface area contributed by atoms with Crippen LogP contribution in [-0.4, -0.2) is 17.6 Å². The van der Waals surface area contributed by atoms with E-state index in [0.717, 1.165) is 0 Å². The largest absolute Gasteiger partial charge is 0.459 e. The third kappa shape index (κ3) is 2.66. The van der Waals surface area contributed by atoms with Gasteiger partial charge in [-0.25, -0.2) is 14.2 Å². The Morgan fingerprint density at radius 2 is 2.12 bits per heavy atom. The summed E-state index contributed by atoms with van der Waals surface area (Å²) in [5.41, 5.74) is 1.00. The lowest BCUT2D eigenvalue weighted by atomic mass is 9.94. The average Bonchev–Trinajstić information content (AvgIpc) is 3.08. The molecule has 2 aromatic carbocycles. The molecule has 7 heteroatoms. The first-order chi connectivity index (χ1) is 12.5. The molecule has 0 unspecified atom stereocenters. The number of carbonyl (C=O) groups excluding carboxylic acids is 1. The molecule has 26 heavy (non-hydrogen) atoms. The van der Waals surface area contributed by atoms with Gasteiger partial charge in [-0.15, -0.1) is 0 Å². The third-order valence-corrected chi connectivity index (χ3v) is 3.88. The molecule has 0 fully saturated rings. The van der Waals surface area contributed by atoms with Gasteiger partial charge in [-0.05, 0) is 37.1 Å². The van der Waals surface area contributed by atoms with E-state index >= 15 is 4.39 Å². The van der Waals surface area contributed by atoms with Gasteiger partial charge in [-0.2, -0.15) is 10.5 Å². The van der Waals surface area contributed by atoms with Crippen molar-refractivity contribution in [1.29, 1.82) is 10.5 Å². The van der Waals surface area contributed by atoms with E-state index in [1.165, 1.54) is 6.07 Å². The highest BCUT2D eigenvalue weighted by Crippen LogP contribution is 2.36. The Bertz CT molecular complexity index is 1120. The Kier molecular flexibility index (Phi) is 4.38. The number of halogens is 1. The first-order valence-corrected chi connectivity index (χ1v) is 7.72. The highest BCUT2D eigenvalue weighted by Gasteiger charge is 2.26. The van der Waals surface area contributed by atoms with Crippen LogP contribution in [0.15, 0.2) is 28.7 Å². The van der Waals surface area contributed by atoms with Crippen LogP contribution in [0.5, 0.6) is 0 Å². The summed E-state index contributed by atoms with van der Waals surface area (Å²) in [5, 5.41) is 18.6. The van der Waals surface area contributed by atoms with Crippen LogP contribution < -0.4 is 0 Å². The van der Waals surface area contributed by atoms with Gasteiger partial charge >= 0.3 is 11.9 Å². The molecule has 0 atom stereocenters. The summed E-state index contributed by atoms with van der Waals surface area (Å²) in [4.78, 5) is 15.8. The number of hydrogen-bond acceptors (Lipinski definition) is 6. The van der Waals surface area contributed by atoms with Crippen LogP contribution in [-0.2, 0) is 4.74 Å². The Morgan fingerprint density at radius 3 is 2.77 bits per heavy atom. The third-order valence-electron chi connectivity index (χ3n) is 3.88. The van der Waals surface area contributed by atoms with E-state index in [4.69, 9.17) is 14.4 Å². The molecule has 1 aromatic heterocycles. The molecule has 0 radical (unpaired) electrons. The Balaban J connectivity index is 2.33. The molecule has 1 heterocycles. The second-order valence-electron chi connectivity index (χ2n) is 5.41. The van der Waals surface area contributed by atoms with E-state index in [9.17, 15) is 10.1 Å². The van der Waals surface area contributed by atoms with Crippen molar-refractivity contribution in [2.75, 3.05) is 6.61 Å². The summed E-state index contributed by atoms with van der Waals surface area (Å²) in [7, 11) is 0. The molecule has 0 bridgehead atoms. The highest BCUT2D eigenvalue weighted by atomic mass is 19.1. The monoisotopic (exact) mass is 349 g/mol. The number of rotatable bonds is 3. The molecule has 0 aliphatic heterocycles. The highest BCUT2D eigenvalue weighted by molar-refractivity contribution is 5.93. The van der Waals surface area contributed by atoms with Crippen molar-refractivity contribution < 1.29 is 18.3 Å². The average molecular weight is 349 g/mol. The van der Waals surface area contributed by atoms with Crippen LogP contribution in [0, 0.1) is 35.4 Å². The van der Waals surface area contributed by atoms with E-state index < -0.39 is 17.7 Å². The standard InChI is InChI=1S/C19H12FN3O3/c1-3-25-19(24)18-23-16-13(9-22)10(2)14(15(20)17(16)26-18)12-6-4-5-11(7-12)8-21/h4-7H,3H2,1-2H3. The number of ether oxygens (including phenoxy) is 1. The number of oxazole rings is 1. The van der Waals surface area contributed by atoms with Gasteiger partial charge in [0.2, 0.25) is 0 Å². The first kappa shape index (κ1) is 17.1. The van der Waals surface area contributed by atoms with Crippen LogP contribution in [0.4, 0.5) is 4.39 Å². The number of esters is 1. The maximum atomic E-state index is 15.2. The number of benzene rings is 2. The Hall–Kier alpha value is -3.71. The molecule has 0 aliphatic carbocycles. The molecule has 128 valence electrons. The van der Waals surface area contributed by atoms with E-state index in [2.05, 4.69) is 4.98 Å². The smallest absolute Gasteiger partial charge is 0.394 e. The van der Waals surface area contributed by atoms with Gasteiger partial charge in [-0.1, -0.05) is 12.1 Å². The first-order valence-electron chi connectivity index (χ1n) is 7.72. The van der Waals surface area contributed by atoms with Gasteiger partial charge in [-0.3, -0.25) is 0 Å². The van der Waals surface area contributed by atoms with Crippen LogP contribution in [0.25, 0.3) is 22.2 Å². The van der Waals surface area contributed by atoms with Gasteiger partial charge in [0.05, 0.1) is 23.8 Å². The quantitative estimate of drug-likeness (QED) is 0.666. The Labute approximate surface area is 148 Å². The fourth-order valence-corrected chi connectivity index (χ4v) is 2.72. The van der Waals surface area contributed by atoms with E-state index in [-0.39, 0.29) is 28.8 Å². The van der Waals surface area contributed by atoms with Gasteiger partial charge < -0.3 is 9.15 Å². The zero-order chi connectivity index (χ0) is 18.8. The SMILES string of the molecule is CCOC(=O)c1nc2c(C#N)c(C)c(-c3cccc(C#N)c3)c(F)c2o1. The number of carbonyl (C=O) groups is 1. The lowest BCUT2D eigenvalue weighted by molar-refractivity contribution is 0.0483. The minimum absolute atomic E-state index is 0.0364. The van der Waals surface area contributed by atoms with Gasteiger partial charge in [0, 0.05) is 5.56 Å². The maximum absolute atomic E-state index is 15.2. The van der Waals surface area contributed by atoms with Gasteiger partial charge in [0.25, 0.3) is 0 Å². The summed E-state index contributed by atoms with van der Waals surface area (Å²) in [6, 6.07) is 10.3. The number of fused-ring (bicyclic) bond motifs is 1. The van der Waals surface area contributed by atoms with Crippen LogP contribution in [0.3, 0.4) is 0 Å². The van der Waals surface area contributed by atoms with Gasteiger partial charge in [0.15, 0.2) is 11.4 Å². The molecular formula is C19H12FN3O3. The van der Waals surface area contributed by atoms with Crippen molar-refractivity contribution in [3.8, 4) is 23.3 Å². The number of aromatic nitrogens is 1. The molecule has 0 spiro atoms. The van der Waals surface area contributed by atoms with Crippen molar-refractivity contribution in [1.82, 2.24) is 4.98 Å². The van der Waals surface area contributed by atoms with E-state index in [1.807, 2.05) is 12.1 Å². The normalized spacial score (nSPS) is 10.3. The molecule has 3 rings (SSSR count). The van der Waals surface area contributed by atoms with Gasteiger partial charge in [0.1, 0.15) is 11.6 Å².